The lowest BCUT2D eigenvalue weighted by atomic mass is 10.1. The number of hydrogen-bond acceptors (Lipinski definition) is 7. The fourth-order valence-corrected chi connectivity index (χ4v) is 2.94. The number of nitrogens with zero attached hydrogens (tertiary/aromatic N) is 2. The predicted octanol–water partition coefficient (Wildman–Crippen LogP) is 2.93. The summed E-state index contributed by atoms with van der Waals surface area (Å²) in [6.45, 7) is -0.758. The van der Waals surface area contributed by atoms with Gasteiger partial charge in [0, 0.05) is 23.2 Å². The molecule has 2 amide bonds. The van der Waals surface area contributed by atoms with Crippen molar-refractivity contribution in [3.63, 3.8) is 0 Å². The average molecular weight is 594 g/mol. The molecule has 0 saturated carbocycles. The number of carbonyl (C=O) groups is 2. The summed E-state index contributed by atoms with van der Waals surface area (Å²) in [6, 6.07) is 4.96. The molecular formula is C21H22F3IN4O5. The molecule has 184 valence electrons. The molecule has 0 aliphatic carbocycles. The minimum Gasteiger partial charge on any atom is -0.395 e. The van der Waals surface area contributed by atoms with Gasteiger partial charge in [0.1, 0.15) is 12.4 Å². The van der Waals surface area contributed by atoms with E-state index in [9.17, 15) is 22.8 Å². The van der Waals surface area contributed by atoms with Crippen molar-refractivity contribution in [2.75, 3.05) is 39.2 Å². The second-order valence-electron chi connectivity index (χ2n) is 6.87. The largest absolute Gasteiger partial charge is 0.395 e. The van der Waals surface area contributed by atoms with E-state index in [0.29, 0.717) is 3.57 Å². The first-order valence-electron chi connectivity index (χ1n) is 9.78. The summed E-state index contributed by atoms with van der Waals surface area (Å²) in [5.74, 6) is -4.81. The van der Waals surface area contributed by atoms with Crippen LogP contribution in [0.2, 0.25) is 0 Å². The van der Waals surface area contributed by atoms with Crippen molar-refractivity contribution in [3.05, 3.63) is 56.4 Å². The highest BCUT2D eigenvalue weighted by atomic mass is 127. The van der Waals surface area contributed by atoms with Crippen molar-refractivity contribution in [2.24, 2.45) is 5.16 Å². The smallest absolute Gasteiger partial charge is 0.277 e. The Morgan fingerprint density at radius 3 is 2.56 bits per heavy atom. The van der Waals surface area contributed by atoms with Crippen molar-refractivity contribution < 1.29 is 37.5 Å². The molecule has 34 heavy (non-hydrogen) atoms. The van der Waals surface area contributed by atoms with Gasteiger partial charge >= 0.3 is 0 Å². The van der Waals surface area contributed by atoms with Crippen LogP contribution in [0.25, 0.3) is 0 Å². The zero-order chi connectivity index (χ0) is 25.3. The summed E-state index contributed by atoms with van der Waals surface area (Å²) in [7, 11) is 3.14. The third-order valence-corrected chi connectivity index (χ3v) is 4.87. The lowest BCUT2D eigenvalue weighted by Crippen LogP contribution is -2.26. The molecule has 2 rings (SSSR count). The molecule has 0 aromatic heterocycles. The highest BCUT2D eigenvalue weighted by Crippen LogP contribution is 2.30. The molecule has 0 aliphatic rings. The first-order valence-corrected chi connectivity index (χ1v) is 10.9. The highest BCUT2D eigenvalue weighted by molar-refractivity contribution is 14.1. The molecule has 9 nitrogen and oxygen atoms in total. The Balaban J connectivity index is 2.35. The van der Waals surface area contributed by atoms with E-state index in [1.54, 1.807) is 14.1 Å². The quantitative estimate of drug-likeness (QED) is 0.160. The van der Waals surface area contributed by atoms with Gasteiger partial charge in [0.05, 0.1) is 42.8 Å². The number of hydroxylamine groups is 1. The number of aliphatic hydroxyl groups is 1. The standard InChI is InChI=1S/C21H22F3IN4O5/c1-29(2)17(31)5-7-33-26-11-12-9-14(21(32)28-34-8-6-30)20(19(24)18(12)23)27-16-4-3-13(25)10-15(16)22/h3-4,9-11,27,30H,5-8H2,1-2H3,(H,28,32)/b26-11+. The van der Waals surface area contributed by atoms with Gasteiger partial charge in [0.2, 0.25) is 5.91 Å². The molecule has 0 bridgehead atoms. The molecule has 0 atom stereocenters. The maximum Gasteiger partial charge on any atom is 0.277 e. The Labute approximate surface area is 207 Å². The van der Waals surface area contributed by atoms with E-state index >= 15 is 0 Å². The van der Waals surface area contributed by atoms with Crippen molar-refractivity contribution in [1.82, 2.24) is 10.4 Å². The lowest BCUT2D eigenvalue weighted by molar-refractivity contribution is -0.129. The van der Waals surface area contributed by atoms with Crippen LogP contribution in [-0.4, -0.2) is 62.0 Å². The zero-order valence-corrected chi connectivity index (χ0v) is 20.4. The van der Waals surface area contributed by atoms with E-state index in [-0.39, 0.29) is 31.2 Å². The van der Waals surface area contributed by atoms with Crippen LogP contribution in [0, 0.1) is 21.0 Å². The number of aliphatic hydroxyl groups excluding tert-OH is 1. The fourth-order valence-electron chi connectivity index (χ4n) is 2.49. The van der Waals surface area contributed by atoms with E-state index in [1.165, 1.54) is 23.1 Å². The van der Waals surface area contributed by atoms with Crippen LogP contribution in [0.3, 0.4) is 0 Å². The van der Waals surface area contributed by atoms with Gasteiger partial charge in [0.15, 0.2) is 11.6 Å². The SMILES string of the molecule is CN(C)C(=O)CCO/N=C/c1cc(C(=O)NOCCO)c(Nc2ccc(I)cc2F)c(F)c1F. The van der Waals surface area contributed by atoms with Gasteiger partial charge in [-0.1, -0.05) is 5.16 Å². The molecule has 0 radical (unpaired) electrons. The summed E-state index contributed by atoms with van der Waals surface area (Å²) in [4.78, 5) is 35.1. The normalized spacial score (nSPS) is 10.9. The van der Waals surface area contributed by atoms with Crippen LogP contribution >= 0.6 is 22.6 Å². The molecule has 0 fully saturated rings. The first-order chi connectivity index (χ1) is 16.1. The van der Waals surface area contributed by atoms with E-state index in [4.69, 9.17) is 14.8 Å². The maximum absolute atomic E-state index is 15.0. The number of rotatable bonds is 11. The van der Waals surface area contributed by atoms with E-state index in [2.05, 4.69) is 10.5 Å². The topological polar surface area (TPSA) is 112 Å². The summed E-state index contributed by atoms with van der Waals surface area (Å²) in [5, 5.41) is 14.7. The zero-order valence-electron chi connectivity index (χ0n) is 18.2. The summed E-state index contributed by atoms with van der Waals surface area (Å²) >= 11 is 1.88. The summed E-state index contributed by atoms with van der Waals surface area (Å²) in [5.41, 5.74) is 0.268. The minimum atomic E-state index is -1.48. The lowest BCUT2D eigenvalue weighted by Gasteiger charge is -2.15. The van der Waals surface area contributed by atoms with Crippen LogP contribution in [0.15, 0.2) is 29.4 Å². The van der Waals surface area contributed by atoms with Crippen LogP contribution in [0.1, 0.15) is 22.3 Å². The number of halogens is 4. The van der Waals surface area contributed by atoms with Crippen LogP contribution in [-0.2, 0) is 14.5 Å². The predicted molar refractivity (Wildman–Crippen MR) is 126 cm³/mol. The molecule has 3 N–H and O–H groups in total. The molecule has 0 spiro atoms. The number of benzene rings is 2. The monoisotopic (exact) mass is 594 g/mol. The fraction of sp³-hybridized carbons (Fsp3) is 0.286. The molecule has 0 heterocycles. The second-order valence-corrected chi connectivity index (χ2v) is 8.12. The summed E-state index contributed by atoms with van der Waals surface area (Å²) < 4.78 is 44.5. The highest BCUT2D eigenvalue weighted by Gasteiger charge is 2.23. The van der Waals surface area contributed by atoms with Gasteiger partial charge in [-0.15, -0.1) is 0 Å². The Morgan fingerprint density at radius 1 is 1.18 bits per heavy atom. The Morgan fingerprint density at radius 2 is 1.91 bits per heavy atom. The van der Waals surface area contributed by atoms with Gasteiger partial charge in [0.25, 0.3) is 5.91 Å². The number of hydrogen-bond donors (Lipinski definition) is 3. The van der Waals surface area contributed by atoms with Crippen LogP contribution in [0.4, 0.5) is 24.5 Å². The van der Waals surface area contributed by atoms with Crippen molar-refractivity contribution in [1.29, 1.82) is 0 Å². The van der Waals surface area contributed by atoms with E-state index in [1.807, 2.05) is 28.1 Å². The Kier molecular flexibility index (Phi) is 10.5. The number of amides is 2. The van der Waals surface area contributed by atoms with Crippen molar-refractivity contribution >= 4 is 52.0 Å². The van der Waals surface area contributed by atoms with Crippen molar-refractivity contribution in [2.45, 2.75) is 6.42 Å². The summed E-state index contributed by atoms with van der Waals surface area (Å²) in [6.07, 6.45) is 0.848. The van der Waals surface area contributed by atoms with Gasteiger partial charge in [-0.05, 0) is 46.9 Å². The Bertz CT molecular complexity index is 1070. The van der Waals surface area contributed by atoms with Crippen molar-refractivity contribution in [3.8, 4) is 0 Å². The van der Waals surface area contributed by atoms with Gasteiger partial charge in [-0.3, -0.25) is 14.4 Å². The third-order valence-electron chi connectivity index (χ3n) is 4.20. The maximum atomic E-state index is 15.0. The van der Waals surface area contributed by atoms with E-state index in [0.717, 1.165) is 12.3 Å². The molecule has 0 saturated heterocycles. The number of oxime groups is 1. The van der Waals surface area contributed by atoms with E-state index < -0.39 is 46.8 Å². The number of anilines is 2. The van der Waals surface area contributed by atoms with Crippen LogP contribution in [0.5, 0.6) is 0 Å². The first kappa shape index (κ1) is 27.3. The minimum absolute atomic E-state index is 0.0153. The Hall–Kier alpha value is -2.91. The number of nitrogens with one attached hydrogen (secondary N) is 2. The molecular weight excluding hydrogens is 572 g/mol. The third kappa shape index (κ3) is 7.56. The van der Waals surface area contributed by atoms with Gasteiger partial charge < -0.3 is 20.2 Å². The molecule has 2 aromatic rings. The average Bonchev–Trinajstić information content (AvgIpc) is 2.79. The van der Waals surface area contributed by atoms with Crippen LogP contribution < -0.4 is 10.8 Å². The molecule has 0 aliphatic heterocycles. The van der Waals surface area contributed by atoms with Gasteiger partial charge in [-0.25, -0.2) is 18.7 Å². The number of carbonyl (C=O) groups excluding carboxylic acids is 2. The molecule has 2 aromatic carbocycles. The molecule has 0 unspecified atom stereocenters. The molecule has 13 heteroatoms. The van der Waals surface area contributed by atoms with Gasteiger partial charge in [-0.2, -0.15) is 0 Å². The second kappa shape index (κ2) is 13.1.